The monoisotopic (exact) mass is 324 g/mol. The van der Waals surface area contributed by atoms with Crippen LogP contribution >= 0.6 is 11.3 Å². The maximum absolute atomic E-state index is 11.8. The molecule has 0 unspecified atom stereocenters. The van der Waals surface area contributed by atoms with Crippen molar-refractivity contribution in [3.05, 3.63) is 63.6 Å². The van der Waals surface area contributed by atoms with Gasteiger partial charge >= 0.3 is 0 Å². The number of thiazole rings is 1. The molecule has 2 aromatic carbocycles. The Morgan fingerprint density at radius 2 is 1.96 bits per heavy atom. The highest BCUT2D eigenvalue weighted by Gasteiger charge is 2.12. The van der Waals surface area contributed by atoms with E-state index >= 15 is 0 Å². The zero-order chi connectivity index (χ0) is 16.2. The van der Waals surface area contributed by atoms with Crippen LogP contribution in [0.15, 0.2) is 42.5 Å². The molecular formula is C19H20N2OS. The van der Waals surface area contributed by atoms with Crippen LogP contribution in [0.3, 0.4) is 0 Å². The van der Waals surface area contributed by atoms with Crippen LogP contribution in [0.4, 0.5) is 0 Å². The zero-order valence-electron chi connectivity index (χ0n) is 13.4. The maximum Gasteiger partial charge on any atom is 0.225 e. The maximum atomic E-state index is 11.8. The summed E-state index contributed by atoms with van der Waals surface area (Å²) in [6, 6.07) is 14.8. The molecule has 1 aromatic heterocycles. The van der Waals surface area contributed by atoms with Gasteiger partial charge in [-0.25, -0.2) is 4.98 Å². The normalized spacial score (nSPS) is 10.9. The number of rotatable bonds is 5. The molecular weight excluding hydrogens is 304 g/mol. The average Bonchev–Trinajstić information content (AvgIpc) is 2.87. The van der Waals surface area contributed by atoms with E-state index in [1.54, 1.807) is 11.3 Å². The number of hydrogen-bond donors (Lipinski definition) is 1. The molecule has 4 heteroatoms. The van der Waals surface area contributed by atoms with E-state index in [1.165, 1.54) is 16.3 Å². The van der Waals surface area contributed by atoms with Gasteiger partial charge in [-0.3, -0.25) is 4.79 Å². The molecule has 0 fully saturated rings. The number of aryl methyl sites for hydroxylation is 1. The summed E-state index contributed by atoms with van der Waals surface area (Å²) in [5.41, 5.74) is 2.25. The molecule has 0 saturated carbocycles. The fourth-order valence-electron chi connectivity index (χ4n) is 2.74. The fourth-order valence-corrected chi connectivity index (χ4v) is 3.83. The summed E-state index contributed by atoms with van der Waals surface area (Å²) in [5.74, 6) is 0.0657. The van der Waals surface area contributed by atoms with Gasteiger partial charge in [0.05, 0.1) is 17.1 Å². The molecule has 0 aliphatic rings. The topological polar surface area (TPSA) is 42.0 Å². The quantitative estimate of drug-likeness (QED) is 0.774. The Morgan fingerprint density at radius 3 is 2.78 bits per heavy atom. The van der Waals surface area contributed by atoms with Crippen molar-refractivity contribution in [2.45, 2.75) is 26.7 Å². The second kappa shape index (κ2) is 6.92. The lowest BCUT2D eigenvalue weighted by molar-refractivity contribution is -0.120. The molecule has 0 aliphatic heterocycles. The van der Waals surface area contributed by atoms with Crippen LogP contribution in [0.5, 0.6) is 0 Å². The highest BCUT2D eigenvalue weighted by Crippen LogP contribution is 2.25. The van der Waals surface area contributed by atoms with Crippen molar-refractivity contribution in [2.24, 2.45) is 0 Å². The highest BCUT2D eigenvalue weighted by atomic mass is 32.1. The number of fused-ring (bicyclic) bond motifs is 1. The Hall–Kier alpha value is -2.20. The summed E-state index contributed by atoms with van der Waals surface area (Å²) in [7, 11) is 0. The Morgan fingerprint density at radius 1 is 1.17 bits per heavy atom. The lowest BCUT2D eigenvalue weighted by Crippen LogP contribution is -2.24. The molecule has 3 aromatic rings. The van der Waals surface area contributed by atoms with Crippen LogP contribution in [0.2, 0.25) is 0 Å². The minimum absolute atomic E-state index is 0.0657. The van der Waals surface area contributed by atoms with E-state index in [0.717, 1.165) is 22.0 Å². The van der Waals surface area contributed by atoms with Gasteiger partial charge in [-0.2, -0.15) is 0 Å². The number of carbonyl (C=O) groups is 1. The Labute approximate surface area is 140 Å². The molecule has 1 heterocycles. The molecule has 0 bridgehead atoms. The Balaban J connectivity index is 1.84. The van der Waals surface area contributed by atoms with Gasteiger partial charge < -0.3 is 5.32 Å². The first-order valence-corrected chi connectivity index (χ1v) is 8.67. The lowest BCUT2D eigenvalue weighted by Gasteiger charge is -2.04. The van der Waals surface area contributed by atoms with Gasteiger partial charge in [-0.05, 0) is 30.2 Å². The summed E-state index contributed by atoms with van der Waals surface area (Å²) in [4.78, 5) is 17.5. The molecule has 3 nitrogen and oxygen atoms in total. The molecule has 118 valence electrons. The molecule has 0 spiro atoms. The predicted molar refractivity (Wildman–Crippen MR) is 96.0 cm³/mol. The van der Waals surface area contributed by atoms with E-state index < -0.39 is 0 Å². The van der Waals surface area contributed by atoms with Crippen molar-refractivity contribution in [3.8, 4) is 0 Å². The standard InChI is InChI=1S/C19H20N2OS/c1-3-20-18(22)12-17-13(2)21-19(23-17)11-15-9-6-8-14-7-4-5-10-16(14)15/h4-10H,3,11-12H2,1-2H3,(H,20,22). The third kappa shape index (κ3) is 3.59. The fraction of sp³-hybridized carbons (Fsp3) is 0.263. The first kappa shape index (κ1) is 15.7. The summed E-state index contributed by atoms with van der Waals surface area (Å²) >= 11 is 1.65. The van der Waals surface area contributed by atoms with E-state index in [4.69, 9.17) is 0 Å². The summed E-state index contributed by atoms with van der Waals surface area (Å²) < 4.78 is 0. The Kier molecular flexibility index (Phi) is 4.72. The second-order valence-electron chi connectivity index (χ2n) is 5.56. The van der Waals surface area contributed by atoms with Crippen LogP contribution in [0.25, 0.3) is 10.8 Å². The third-order valence-corrected chi connectivity index (χ3v) is 5.01. The number of aromatic nitrogens is 1. The molecule has 23 heavy (non-hydrogen) atoms. The van der Waals surface area contributed by atoms with Gasteiger partial charge in [-0.15, -0.1) is 11.3 Å². The first-order valence-electron chi connectivity index (χ1n) is 7.86. The van der Waals surface area contributed by atoms with Crippen molar-refractivity contribution < 1.29 is 4.79 Å². The number of hydrogen-bond acceptors (Lipinski definition) is 3. The van der Waals surface area contributed by atoms with Crippen molar-refractivity contribution in [1.29, 1.82) is 0 Å². The van der Waals surface area contributed by atoms with Gasteiger partial charge in [0.25, 0.3) is 0 Å². The minimum Gasteiger partial charge on any atom is -0.356 e. The van der Waals surface area contributed by atoms with Gasteiger partial charge in [0.1, 0.15) is 0 Å². The highest BCUT2D eigenvalue weighted by molar-refractivity contribution is 7.11. The van der Waals surface area contributed by atoms with Crippen LogP contribution < -0.4 is 5.32 Å². The van der Waals surface area contributed by atoms with Gasteiger partial charge in [-0.1, -0.05) is 42.5 Å². The average molecular weight is 324 g/mol. The van der Waals surface area contributed by atoms with Crippen LogP contribution in [-0.4, -0.2) is 17.4 Å². The van der Waals surface area contributed by atoms with E-state index in [9.17, 15) is 4.79 Å². The smallest absolute Gasteiger partial charge is 0.225 e. The number of likely N-dealkylation sites (N-methyl/N-ethyl adjacent to an activating group) is 1. The molecule has 1 amide bonds. The molecule has 0 radical (unpaired) electrons. The summed E-state index contributed by atoms with van der Waals surface area (Å²) in [6.07, 6.45) is 1.23. The van der Waals surface area contributed by atoms with E-state index in [1.807, 2.05) is 13.8 Å². The van der Waals surface area contributed by atoms with Gasteiger partial charge in [0, 0.05) is 17.8 Å². The summed E-state index contributed by atoms with van der Waals surface area (Å²) in [5, 5.41) is 6.43. The van der Waals surface area contributed by atoms with Crippen LogP contribution in [0.1, 0.15) is 28.1 Å². The lowest BCUT2D eigenvalue weighted by atomic mass is 10.0. The molecule has 1 N–H and O–H groups in total. The van der Waals surface area contributed by atoms with Crippen molar-refractivity contribution in [1.82, 2.24) is 10.3 Å². The Bertz CT molecular complexity index is 833. The molecule has 0 atom stereocenters. The van der Waals surface area contributed by atoms with Crippen LogP contribution in [0, 0.1) is 6.92 Å². The largest absolute Gasteiger partial charge is 0.356 e. The first-order chi connectivity index (χ1) is 11.2. The minimum atomic E-state index is 0.0657. The van der Waals surface area contributed by atoms with Crippen molar-refractivity contribution in [3.63, 3.8) is 0 Å². The molecule has 3 rings (SSSR count). The second-order valence-corrected chi connectivity index (χ2v) is 6.73. The number of benzene rings is 2. The zero-order valence-corrected chi connectivity index (χ0v) is 14.2. The van der Waals surface area contributed by atoms with E-state index in [2.05, 4.69) is 52.8 Å². The summed E-state index contributed by atoms with van der Waals surface area (Å²) in [6.45, 7) is 4.58. The SMILES string of the molecule is CCNC(=O)Cc1sc(Cc2cccc3ccccc23)nc1C. The molecule has 0 aliphatic carbocycles. The number of amides is 1. The van der Waals surface area contributed by atoms with Crippen LogP contribution in [-0.2, 0) is 17.6 Å². The van der Waals surface area contributed by atoms with E-state index in [-0.39, 0.29) is 5.91 Å². The molecule has 0 saturated heterocycles. The van der Waals surface area contributed by atoms with Gasteiger partial charge in [0.2, 0.25) is 5.91 Å². The van der Waals surface area contributed by atoms with Gasteiger partial charge in [0.15, 0.2) is 0 Å². The number of nitrogens with zero attached hydrogens (tertiary/aromatic N) is 1. The van der Waals surface area contributed by atoms with Crippen molar-refractivity contribution in [2.75, 3.05) is 6.54 Å². The number of nitrogens with one attached hydrogen (secondary N) is 1. The predicted octanol–water partition coefficient (Wildman–Crippen LogP) is 3.87. The third-order valence-electron chi connectivity index (χ3n) is 3.85. The van der Waals surface area contributed by atoms with Crippen molar-refractivity contribution >= 4 is 28.0 Å². The van der Waals surface area contributed by atoms with E-state index in [0.29, 0.717) is 13.0 Å². The number of carbonyl (C=O) groups excluding carboxylic acids is 1.